The molecule has 0 saturated heterocycles. The van der Waals surface area contributed by atoms with Crippen LogP contribution in [0.3, 0.4) is 0 Å². The fourth-order valence-corrected chi connectivity index (χ4v) is 2.04. The number of benzene rings is 1. The molecule has 2 rings (SSSR count). The topological polar surface area (TPSA) is 56.9 Å². The quantitative estimate of drug-likeness (QED) is 0.328. The fourth-order valence-electron chi connectivity index (χ4n) is 1.66. The molecule has 21 heavy (non-hydrogen) atoms. The summed E-state index contributed by atoms with van der Waals surface area (Å²) < 4.78 is 10.5. The number of hydrogen-bond donors (Lipinski definition) is 0. The Balaban J connectivity index is 2.17. The molecule has 0 atom stereocenters. The first kappa shape index (κ1) is 15.6. The lowest BCUT2D eigenvalue weighted by Gasteiger charge is -1.99. The van der Waals surface area contributed by atoms with Crippen molar-refractivity contribution in [2.24, 2.45) is 5.16 Å². The highest BCUT2D eigenvalue weighted by atomic mass is 79.9. The second-order valence-corrected chi connectivity index (χ2v) is 4.87. The maximum Gasteiger partial charge on any atom is 0.185 e. The lowest BCUT2D eigenvalue weighted by Crippen LogP contribution is -2.02. The smallest absolute Gasteiger partial charge is 0.185 e. The number of ether oxygens (including phenoxy) is 1. The van der Waals surface area contributed by atoms with E-state index in [1.54, 1.807) is 7.11 Å². The van der Waals surface area contributed by atoms with Gasteiger partial charge in [0, 0.05) is 11.6 Å². The number of nitrogens with zero attached hydrogens (tertiary/aromatic N) is 2. The summed E-state index contributed by atoms with van der Waals surface area (Å²) in [4.78, 5) is 5.19. The Hall–Kier alpha value is -1.82. The molecule has 2 aromatic rings. The molecule has 0 fully saturated rings. The van der Waals surface area contributed by atoms with E-state index in [1.165, 1.54) is 0 Å². The molecule has 0 aliphatic heterocycles. The van der Waals surface area contributed by atoms with Crippen molar-refractivity contribution in [3.63, 3.8) is 0 Å². The molecule has 1 aromatic heterocycles. The summed E-state index contributed by atoms with van der Waals surface area (Å²) in [6.07, 6.45) is 0.909. The lowest BCUT2D eigenvalue weighted by molar-refractivity contribution is 0.144. The Bertz CT molecular complexity index is 593. The molecule has 5 nitrogen and oxygen atoms in total. The van der Waals surface area contributed by atoms with Gasteiger partial charge in [-0.25, -0.2) is 0 Å². The van der Waals surface area contributed by atoms with Crippen molar-refractivity contribution in [3.05, 3.63) is 36.1 Å². The third kappa shape index (κ3) is 4.07. The SMILES string of the molecule is CCCO/N=C(\CBr)c1cc(-c2ccc(OC)cc2)no1. The number of aromatic nitrogens is 1. The van der Waals surface area contributed by atoms with Crippen LogP contribution in [0.4, 0.5) is 0 Å². The Morgan fingerprint density at radius 3 is 2.71 bits per heavy atom. The van der Waals surface area contributed by atoms with Crippen molar-refractivity contribution in [2.45, 2.75) is 13.3 Å². The highest BCUT2D eigenvalue weighted by Crippen LogP contribution is 2.22. The van der Waals surface area contributed by atoms with Crippen LogP contribution in [-0.4, -0.2) is 29.9 Å². The van der Waals surface area contributed by atoms with Crippen LogP contribution in [0.25, 0.3) is 11.3 Å². The molecule has 112 valence electrons. The first-order chi connectivity index (χ1) is 10.3. The van der Waals surface area contributed by atoms with E-state index in [2.05, 4.69) is 26.2 Å². The molecule has 0 aliphatic carbocycles. The monoisotopic (exact) mass is 352 g/mol. The van der Waals surface area contributed by atoms with Gasteiger partial charge in [-0.2, -0.15) is 0 Å². The number of methoxy groups -OCH3 is 1. The van der Waals surface area contributed by atoms with Crippen LogP contribution in [0.2, 0.25) is 0 Å². The second kappa shape index (κ2) is 7.83. The second-order valence-electron chi connectivity index (χ2n) is 4.31. The van der Waals surface area contributed by atoms with Crippen LogP contribution >= 0.6 is 15.9 Å². The number of oxime groups is 1. The third-order valence-corrected chi connectivity index (χ3v) is 3.31. The molecule has 0 spiro atoms. The minimum atomic E-state index is 0.536. The Morgan fingerprint density at radius 1 is 1.33 bits per heavy atom. The van der Waals surface area contributed by atoms with Gasteiger partial charge in [0.05, 0.1) is 12.4 Å². The van der Waals surface area contributed by atoms with Crippen molar-refractivity contribution in [1.82, 2.24) is 5.16 Å². The van der Waals surface area contributed by atoms with Crippen molar-refractivity contribution in [2.75, 3.05) is 19.0 Å². The Kier molecular flexibility index (Phi) is 5.80. The van der Waals surface area contributed by atoms with Gasteiger partial charge in [0.1, 0.15) is 23.8 Å². The summed E-state index contributed by atoms with van der Waals surface area (Å²) in [6.45, 7) is 2.61. The van der Waals surface area contributed by atoms with Crippen LogP contribution in [0.5, 0.6) is 5.75 Å². The van der Waals surface area contributed by atoms with E-state index < -0.39 is 0 Å². The van der Waals surface area contributed by atoms with E-state index in [4.69, 9.17) is 14.1 Å². The highest BCUT2D eigenvalue weighted by Gasteiger charge is 2.12. The van der Waals surface area contributed by atoms with Gasteiger partial charge in [-0.1, -0.05) is 33.2 Å². The van der Waals surface area contributed by atoms with Gasteiger partial charge < -0.3 is 14.1 Å². The van der Waals surface area contributed by atoms with Crippen molar-refractivity contribution in [3.8, 4) is 17.0 Å². The predicted octanol–water partition coefficient (Wildman–Crippen LogP) is 3.88. The average molecular weight is 353 g/mol. The maximum absolute atomic E-state index is 5.34. The molecule has 0 N–H and O–H groups in total. The predicted molar refractivity (Wildman–Crippen MR) is 85.1 cm³/mol. The molecule has 1 aromatic carbocycles. The van der Waals surface area contributed by atoms with E-state index >= 15 is 0 Å². The molecular weight excluding hydrogens is 336 g/mol. The molecule has 0 radical (unpaired) electrons. The van der Waals surface area contributed by atoms with Crippen LogP contribution in [0.15, 0.2) is 40.0 Å². The van der Waals surface area contributed by atoms with E-state index in [0.717, 1.165) is 23.4 Å². The van der Waals surface area contributed by atoms with Crippen LogP contribution < -0.4 is 4.74 Å². The number of hydrogen-bond acceptors (Lipinski definition) is 5. The maximum atomic E-state index is 5.34. The Morgan fingerprint density at radius 2 is 2.10 bits per heavy atom. The molecule has 6 heteroatoms. The fraction of sp³-hybridized carbons (Fsp3) is 0.333. The summed E-state index contributed by atoms with van der Waals surface area (Å²) >= 11 is 3.37. The average Bonchev–Trinajstić information content (AvgIpc) is 3.01. The van der Waals surface area contributed by atoms with Gasteiger partial charge in [0.2, 0.25) is 0 Å². The van der Waals surface area contributed by atoms with Crippen LogP contribution in [0, 0.1) is 0 Å². The first-order valence-corrected chi connectivity index (χ1v) is 7.77. The molecule has 0 saturated carbocycles. The summed E-state index contributed by atoms with van der Waals surface area (Å²) in [5.74, 6) is 1.40. The molecule has 1 heterocycles. The minimum Gasteiger partial charge on any atom is -0.497 e. The largest absolute Gasteiger partial charge is 0.497 e. The first-order valence-electron chi connectivity index (χ1n) is 6.64. The highest BCUT2D eigenvalue weighted by molar-refractivity contribution is 9.09. The number of rotatable bonds is 7. The van der Waals surface area contributed by atoms with Gasteiger partial charge in [-0.3, -0.25) is 0 Å². The number of halogens is 1. The van der Waals surface area contributed by atoms with Gasteiger partial charge in [-0.05, 0) is 30.7 Å². The molecular formula is C15H17BrN2O3. The van der Waals surface area contributed by atoms with E-state index in [1.807, 2.05) is 37.3 Å². The molecule has 0 aliphatic rings. The summed E-state index contributed by atoms with van der Waals surface area (Å²) in [7, 11) is 1.64. The van der Waals surface area contributed by atoms with Gasteiger partial charge in [0.25, 0.3) is 0 Å². The van der Waals surface area contributed by atoms with E-state index in [9.17, 15) is 0 Å². The Labute approximate surface area is 132 Å². The third-order valence-electron chi connectivity index (χ3n) is 2.78. The van der Waals surface area contributed by atoms with E-state index in [-0.39, 0.29) is 0 Å². The van der Waals surface area contributed by atoms with Gasteiger partial charge in [-0.15, -0.1) is 0 Å². The van der Waals surface area contributed by atoms with Crippen molar-refractivity contribution < 1.29 is 14.1 Å². The zero-order chi connectivity index (χ0) is 15.1. The van der Waals surface area contributed by atoms with Crippen LogP contribution in [0.1, 0.15) is 19.1 Å². The molecule has 0 bridgehead atoms. The zero-order valence-electron chi connectivity index (χ0n) is 12.0. The summed E-state index contributed by atoms with van der Waals surface area (Å²) in [5, 5.41) is 8.65. The van der Waals surface area contributed by atoms with Crippen molar-refractivity contribution in [1.29, 1.82) is 0 Å². The number of alkyl halides is 1. The van der Waals surface area contributed by atoms with E-state index in [0.29, 0.717) is 23.4 Å². The van der Waals surface area contributed by atoms with Crippen LogP contribution in [-0.2, 0) is 4.84 Å². The van der Waals surface area contributed by atoms with Gasteiger partial charge >= 0.3 is 0 Å². The summed E-state index contributed by atoms with van der Waals surface area (Å²) in [6, 6.07) is 9.47. The zero-order valence-corrected chi connectivity index (χ0v) is 13.6. The standard InChI is InChI=1S/C15H17BrN2O3/c1-3-8-20-17-14(10-16)15-9-13(18-21-15)11-4-6-12(19-2)7-5-11/h4-7,9H,3,8,10H2,1-2H3/b17-14+. The van der Waals surface area contributed by atoms with Crippen molar-refractivity contribution >= 4 is 21.6 Å². The van der Waals surface area contributed by atoms with Gasteiger partial charge in [0.15, 0.2) is 5.76 Å². The lowest BCUT2D eigenvalue weighted by atomic mass is 10.1. The molecule has 0 unspecified atom stereocenters. The molecule has 0 amide bonds. The minimum absolute atomic E-state index is 0.536. The summed E-state index contributed by atoms with van der Waals surface area (Å²) in [5.41, 5.74) is 2.38. The normalized spacial score (nSPS) is 11.5.